The van der Waals surface area contributed by atoms with Gasteiger partial charge >= 0.3 is 0 Å². The second-order valence-electron chi connectivity index (χ2n) is 14.3. The molecule has 0 bridgehead atoms. The maximum absolute atomic E-state index is 15.7. The van der Waals surface area contributed by atoms with Crippen LogP contribution in [0, 0.1) is 23.7 Å². The molecule has 0 amide bonds. The molecule has 13 heteroatoms. The molecule has 0 N–H and O–H groups in total. The number of ketones is 1. The molecule has 0 atom stereocenters. The van der Waals surface area contributed by atoms with Crippen LogP contribution in [0.3, 0.4) is 0 Å². The maximum atomic E-state index is 15.7. The summed E-state index contributed by atoms with van der Waals surface area (Å²) in [6.07, 6.45) is 11.2. The molecule has 276 valence electrons. The Morgan fingerprint density at radius 2 is 0.661 bits per heavy atom. The molecule has 6 rings (SSSR count). The van der Waals surface area contributed by atoms with Gasteiger partial charge in [-0.3, -0.25) is 4.79 Å². The van der Waals surface area contributed by atoms with Gasteiger partial charge in [0, 0.05) is 42.4 Å². The van der Waals surface area contributed by atoms with Gasteiger partial charge in [-0.15, -0.1) is 0 Å². The quantitative estimate of drug-likeness (QED) is 0.0866. The smallest absolute Gasteiger partial charge is 0.155 e. The topological polar surface area (TPSA) is 212 Å². The molecule has 2 saturated carbocycles. The monoisotopic (exact) mass is 738 g/mol. The van der Waals surface area contributed by atoms with Gasteiger partial charge in [0.15, 0.2) is 5.78 Å². The standard InChI is InChI=1S/C43H38N12O/c1-27-19-33(23-29-3-11-37(12-4-29)48-52-44)41(34(20-27)24-30-5-13-38(14-6-30)49-53-45)43(56)42-35(25-31-7-15-39(16-8-31)50-54-46)21-28(2)22-36(42)26-32-9-17-40(18-10-32)51-55-47/h3-18,23-28,41-42H,19-22H2,1-2H3. The van der Waals surface area contributed by atoms with Crippen LogP contribution >= 0.6 is 0 Å². The van der Waals surface area contributed by atoms with E-state index in [4.69, 9.17) is 22.1 Å². The van der Waals surface area contributed by atoms with Gasteiger partial charge in [-0.05, 0) is 81.9 Å². The Balaban J connectivity index is 1.53. The van der Waals surface area contributed by atoms with Crippen molar-refractivity contribution in [1.82, 2.24) is 0 Å². The summed E-state index contributed by atoms with van der Waals surface area (Å²) < 4.78 is 0. The highest BCUT2D eigenvalue weighted by molar-refractivity contribution is 5.97. The Bertz CT molecular complexity index is 2090. The number of nitrogens with zero attached hydrogens (tertiary/aromatic N) is 12. The van der Waals surface area contributed by atoms with E-state index in [0.29, 0.717) is 48.4 Å². The van der Waals surface area contributed by atoms with E-state index in [9.17, 15) is 0 Å². The number of carbonyl (C=O) groups excluding carboxylic acids is 1. The summed E-state index contributed by atoms with van der Waals surface area (Å²) in [7, 11) is 0. The van der Waals surface area contributed by atoms with E-state index in [2.05, 4.69) is 78.3 Å². The van der Waals surface area contributed by atoms with Crippen molar-refractivity contribution in [3.8, 4) is 0 Å². The van der Waals surface area contributed by atoms with E-state index in [0.717, 1.165) is 44.5 Å². The van der Waals surface area contributed by atoms with Crippen molar-refractivity contribution in [3.63, 3.8) is 0 Å². The van der Waals surface area contributed by atoms with Crippen LogP contribution in [0.1, 0.15) is 61.8 Å². The Morgan fingerprint density at radius 1 is 0.446 bits per heavy atom. The summed E-state index contributed by atoms with van der Waals surface area (Å²) in [4.78, 5) is 27.4. The fourth-order valence-corrected chi connectivity index (χ4v) is 7.78. The summed E-state index contributed by atoms with van der Waals surface area (Å²) in [6, 6.07) is 29.3. The maximum Gasteiger partial charge on any atom is 0.155 e. The molecule has 0 heterocycles. The van der Waals surface area contributed by atoms with E-state index < -0.39 is 11.8 Å². The van der Waals surface area contributed by atoms with Gasteiger partial charge in [-0.25, -0.2) is 0 Å². The molecule has 0 radical (unpaired) electrons. The minimum Gasteiger partial charge on any atom is -0.298 e. The van der Waals surface area contributed by atoms with Gasteiger partial charge in [0.25, 0.3) is 0 Å². The Kier molecular flexibility index (Phi) is 12.5. The van der Waals surface area contributed by atoms with Gasteiger partial charge in [-0.2, -0.15) is 0 Å². The normalized spacial score (nSPS) is 22.0. The van der Waals surface area contributed by atoms with E-state index in [1.54, 1.807) is 48.5 Å². The first-order valence-corrected chi connectivity index (χ1v) is 18.2. The van der Waals surface area contributed by atoms with Crippen LogP contribution in [0.4, 0.5) is 22.7 Å². The number of rotatable bonds is 10. The van der Waals surface area contributed by atoms with Crippen LogP contribution in [0.5, 0.6) is 0 Å². The molecular formula is C43H38N12O. The lowest BCUT2D eigenvalue weighted by atomic mass is 9.65. The number of hydrogen-bond acceptors (Lipinski definition) is 5. The average Bonchev–Trinajstić information content (AvgIpc) is 3.18. The zero-order chi connectivity index (χ0) is 39.4. The third-order valence-corrected chi connectivity index (χ3v) is 10.0. The van der Waals surface area contributed by atoms with Crippen molar-refractivity contribution in [2.75, 3.05) is 0 Å². The molecule has 2 aliphatic carbocycles. The van der Waals surface area contributed by atoms with Crippen LogP contribution in [-0.2, 0) is 4.79 Å². The molecule has 0 spiro atoms. The Morgan fingerprint density at radius 3 is 0.857 bits per heavy atom. The SMILES string of the molecule is CC1CC(=Cc2ccc(N=[N+]=[N-])cc2)C(C(=O)C2C(=Cc3ccc(N=[N+]=[N-])cc3)CC(C)CC2=Cc2ccc(N=[N+]=[N-])cc2)C(=Cc2ccc(N=[N+]=[N-])cc2)C1. The number of carbonyl (C=O) groups is 1. The number of Topliss-reactive ketones (excluding diaryl/α,β-unsaturated/α-hetero) is 1. The van der Waals surface area contributed by atoms with Gasteiger partial charge in [0.05, 0.1) is 11.8 Å². The lowest BCUT2D eigenvalue weighted by Gasteiger charge is -2.38. The first kappa shape index (κ1) is 38.5. The Labute approximate surface area is 323 Å². The molecule has 0 saturated heterocycles. The predicted molar refractivity (Wildman–Crippen MR) is 222 cm³/mol. The molecule has 0 unspecified atom stereocenters. The number of azide groups is 4. The van der Waals surface area contributed by atoms with Gasteiger partial charge in [-0.1, -0.05) is 178 Å². The second-order valence-corrected chi connectivity index (χ2v) is 14.3. The number of benzene rings is 4. The van der Waals surface area contributed by atoms with Gasteiger partial charge in [0.2, 0.25) is 0 Å². The van der Waals surface area contributed by atoms with Crippen molar-refractivity contribution in [2.45, 2.75) is 39.5 Å². The lowest BCUT2D eigenvalue weighted by Crippen LogP contribution is -2.35. The fourth-order valence-electron chi connectivity index (χ4n) is 7.78. The third-order valence-electron chi connectivity index (χ3n) is 10.0. The van der Waals surface area contributed by atoms with Crippen molar-refractivity contribution in [2.24, 2.45) is 44.1 Å². The number of hydrogen-bond donors (Lipinski definition) is 0. The molecule has 0 aromatic heterocycles. The van der Waals surface area contributed by atoms with Crippen molar-refractivity contribution >= 4 is 52.8 Å². The van der Waals surface area contributed by atoms with E-state index in [1.807, 2.05) is 48.5 Å². The molecule has 0 aliphatic heterocycles. The van der Waals surface area contributed by atoms with Crippen LogP contribution in [0.2, 0.25) is 0 Å². The highest BCUT2D eigenvalue weighted by Crippen LogP contribution is 2.47. The summed E-state index contributed by atoms with van der Waals surface area (Å²) >= 11 is 0. The lowest BCUT2D eigenvalue weighted by molar-refractivity contribution is -0.123. The van der Waals surface area contributed by atoms with E-state index >= 15 is 4.79 Å². The first-order chi connectivity index (χ1) is 27.3. The first-order valence-electron chi connectivity index (χ1n) is 18.2. The van der Waals surface area contributed by atoms with Crippen LogP contribution in [0.25, 0.3) is 66.1 Å². The highest BCUT2D eigenvalue weighted by Gasteiger charge is 2.41. The summed E-state index contributed by atoms with van der Waals surface area (Å²) in [6.45, 7) is 4.38. The molecule has 2 fully saturated rings. The van der Waals surface area contributed by atoms with Crippen molar-refractivity contribution in [1.29, 1.82) is 0 Å². The minimum absolute atomic E-state index is 0.0756. The minimum atomic E-state index is -0.551. The molecule has 13 nitrogen and oxygen atoms in total. The third kappa shape index (κ3) is 9.64. The van der Waals surface area contributed by atoms with E-state index in [1.165, 1.54) is 0 Å². The predicted octanol–water partition coefficient (Wildman–Crippen LogP) is 14.7. The van der Waals surface area contributed by atoms with E-state index in [-0.39, 0.29) is 17.6 Å². The summed E-state index contributed by atoms with van der Waals surface area (Å²) in [5.74, 6) is -0.523. The average molecular weight is 739 g/mol. The Hall–Kier alpha value is -7.25. The van der Waals surface area contributed by atoms with Crippen molar-refractivity contribution in [3.05, 3.63) is 183 Å². The summed E-state index contributed by atoms with van der Waals surface area (Å²) in [5, 5.41) is 14.9. The molecule has 2 aliphatic rings. The molecule has 4 aromatic rings. The van der Waals surface area contributed by atoms with Crippen molar-refractivity contribution < 1.29 is 4.79 Å². The largest absolute Gasteiger partial charge is 0.298 e. The number of allylic oxidation sites excluding steroid dienone is 4. The zero-order valence-electron chi connectivity index (χ0n) is 31.0. The van der Waals surface area contributed by atoms with Crippen LogP contribution in [0.15, 0.2) is 140 Å². The molecular weight excluding hydrogens is 701 g/mol. The molecule has 56 heavy (non-hydrogen) atoms. The van der Waals surface area contributed by atoms with Gasteiger partial charge < -0.3 is 0 Å². The zero-order valence-corrected chi connectivity index (χ0v) is 31.0. The second kappa shape index (κ2) is 18.2. The summed E-state index contributed by atoms with van der Waals surface area (Å²) in [5.41, 5.74) is 45.4. The van der Waals surface area contributed by atoms with Crippen LogP contribution < -0.4 is 0 Å². The van der Waals surface area contributed by atoms with Gasteiger partial charge in [0.1, 0.15) is 0 Å². The van der Waals surface area contributed by atoms with Crippen LogP contribution in [-0.4, -0.2) is 5.78 Å². The molecule has 4 aromatic carbocycles. The highest BCUT2D eigenvalue weighted by atomic mass is 16.1. The fraction of sp³-hybridized carbons (Fsp3) is 0.233.